The molecule has 1 aromatic rings. The second-order valence-electron chi connectivity index (χ2n) is 4.06. The van der Waals surface area contributed by atoms with Gasteiger partial charge in [0.05, 0.1) is 25.4 Å². The molecule has 1 amide bonds. The number of benzene rings is 1. The van der Waals surface area contributed by atoms with Gasteiger partial charge in [0.25, 0.3) is 0 Å². The molecule has 0 aliphatic carbocycles. The van der Waals surface area contributed by atoms with E-state index in [0.29, 0.717) is 18.9 Å². The Balaban J connectivity index is 2.52. The molecule has 0 spiro atoms. The van der Waals surface area contributed by atoms with Crippen molar-refractivity contribution in [1.82, 2.24) is 0 Å². The molecule has 0 saturated heterocycles. The fraction of sp³-hybridized carbons (Fsp3) is 0.400. The predicted molar refractivity (Wildman–Crippen MR) is 76.3 cm³/mol. The van der Waals surface area contributed by atoms with Crippen LogP contribution in [-0.4, -0.2) is 44.6 Å². The highest BCUT2D eigenvalue weighted by Crippen LogP contribution is 2.13. The molecule has 0 bridgehead atoms. The van der Waals surface area contributed by atoms with E-state index in [1.54, 1.807) is 6.07 Å². The summed E-state index contributed by atoms with van der Waals surface area (Å²) in [5.41, 5.74) is 0.554. The highest BCUT2D eigenvalue weighted by Gasteiger charge is 2.05. The molecule has 114 valence electrons. The summed E-state index contributed by atoms with van der Waals surface area (Å²) in [5.74, 6) is 4.34. The number of halogens is 1. The standard InChI is InChI=1S/C15H18FNO4/c1-20-8-9-21-11-15(19)17-13-6-5-12(14(16)10-13)4-2-3-7-18/h5-6,10,18H,3,7-9,11H2,1H3,(H,17,19). The van der Waals surface area contributed by atoms with Crippen molar-refractivity contribution < 1.29 is 23.8 Å². The van der Waals surface area contributed by atoms with Gasteiger partial charge in [-0.3, -0.25) is 4.79 Å². The Morgan fingerprint density at radius 3 is 2.90 bits per heavy atom. The summed E-state index contributed by atoms with van der Waals surface area (Å²) in [6, 6.07) is 4.22. The molecule has 0 heterocycles. The summed E-state index contributed by atoms with van der Waals surface area (Å²) in [7, 11) is 1.54. The summed E-state index contributed by atoms with van der Waals surface area (Å²) in [6.45, 7) is 0.537. The molecule has 1 rings (SSSR count). The number of amides is 1. The monoisotopic (exact) mass is 295 g/mol. The molecule has 0 aliphatic rings. The van der Waals surface area contributed by atoms with E-state index < -0.39 is 5.82 Å². The van der Waals surface area contributed by atoms with Gasteiger partial charge in [-0.15, -0.1) is 0 Å². The van der Waals surface area contributed by atoms with Crippen LogP contribution >= 0.6 is 0 Å². The molecule has 2 N–H and O–H groups in total. The number of methoxy groups -OCH3 is 1. The number of hydrogen-bond acceptors (Lipinski definition) is 4. The first-order valence-electron chi connectivity index (χ1n) is 6.43. The number of ether oxygens (including phenoxy) is 2. The fourth-order valence-corrected chi connectivity index (χ4v) is 1.41. The Kier molecular flexibility index (Phi) is 8.05. The van der Waals surface area contributed by atoms with Crippen LogP contribution in [0.5, 0.6) is 0 Å². The van der Waals surface area contributed by atoms with Crippen LogP contribution in [0.15, 0.2) is 18.2 Å². The lowest BCUT2D eigenvalue weighted by Crippen LogP contribution is -2.19. The highest BCUT2D eigenvalue weighted by atomic mass is 19.1. The Morgan fingerprint density at radius 2 is 2.24 bits per heavy atom. The van der Waals surface area contributed by atoms with Crippen molar-refractivity contribution in [2.24, 2.45) is 0 Å². The number of carbonyl (C=O) groups is 1. The third kappa shape index (κ3) is 6.86. The van der Waals surface area contributed by atoms with Crippen LogP contribution in [0, 0.1) is 17.7 Å². The van der Waals surface area contributed by atoms with Gasteiger partial charge in [-0.1, -0.05) is 11.8 Å². The zero-order chi connectivity index (χ0) is 15.5. The molecule has 0 aromatic heterocycles. The van der Waals surface area contributed by atoms with Crippen LogP contribution in [0.25, 0.3) is 0 Å². The lowest BCUT2D eigenvalue weighted by atomic mass is 10.2. The summed E-state index contributed by atoms with van der Waals surface area (Å²) in [5, 5.41) is 11.1. The van der Waals surface area contributed by atoms with E-state index in [0.717, 1.165) is 0 Å². The zero-order valence-electron chi connectivity index (χ0n) is 11.8. The van der Waals surface area contributed by atoms with Crippen LogP contribution < -0.4 is 5.32 Å². The predicted octanol–water partition coefficient (Wildman–Crippen LogP) is 1.16. The summed E-state index contributed by atoms with van der Waals surface area (Å²) in [6.07, 6.45) is 0.288. The Hall–Kier alpha value is -1.94. The number of aliphatic hydroxyl groups excluding tert-OH is 1. The van der Waals surface area contributed by atoms with Crippen LogP contribution in [0.4, 0.5) is 10.1 Å². The Bertz CT molecular complexity index is 522. The van der Waals surface area contributed by atoms with Gasteiger partial charge in [0.2, 0.25) is 5.91 Å². The number of hydrogen-bond donors (Lipinski definition) is 2. The van der Waals surface area contributed by atoms with Crippen molar-refractivity contribution >= 4 is 11.6 Å². The van der Waals surface area contributed by atoms with Gasteiger partial charge in [0, 0.05) is 19.2 Å². The number of aliphatic hydroxyl groups is 1. The third-order valence-electron chi connectivity index (χ3n) is 2.38. The second kappa shape index (κ2) is 9.88. The maximum absolute atomic E-state index is 13.7. The minimum atomic E-state index is -0.529. The van der Waals surface area contributed by atoms with Crippen LogP contribution in [0.3, 0.4) is 0 Å². The van der Waals surface area contributed by atoms with E-state index in [-0.39, 0.29) is 31.1 Å². The average molecular weight is 295 g/mol. The van der Waals surface area contributed by atoms with Crippen molar-refractivity contribution in [1.29, 1.82) is 0 Å². The fourth-order valence-electron chi connectivity index (χ4n) is 1.41. The van der Waals surface area contributed by atoms with E-state index in [4.69, 9.17) is 14.6 Å². The van der Waals surface area contributed by atoms with Gasteiger partial charge in [0.1, 0.15) is 12.4 Å². The molecule has 6 heteroatoms. The zero-order valence-corrected chi connectivity index (χ0v) is 11.8. The molecular weight excluding hydrogens is 277 g/mol. The Labute approximate surface area is 123 Å². The van der Waals surface area contributed by atoms with Crippen molar-refractivity contribution in [2.45, 2.75) is 6.42 Å². The van der Waals surface area contributed by atoms with Gasteiger partial charge < -0.3 is 19.9 Å². The first kappa shape index (κ1) is 17.1. The first-order valence-corrected chi connectivity index (χ1v) is 6.43. The van der Waals surface area contributed by atoms with Gasteiger partial charge >= 0.3 is 0 Å². The molecule has 0 unspecified atom stereocenters. The molecule has 21 heavy (non-hydrogen) atoms. The maximum Gasteiger partial charge on any atom is 0.250 e. The largest absolute Gasteiger partial charge is 0.395 e. The molecule has 1 aromatic carbocycles. The summed E-state index contributed by atoms with van der Waals surface area (Å²) < 4.78 is 23.5. The molecular formula is C15H18FNO4. The van der Waals surface area contributed by atoms with Crippen molar-refractivity contribution in [3.05, 3.63) is 29.6 Å². The van der Waals surface area contributed by atoms with Crippen LogP contribution in [0.2, 0.25) is 0 Å². The van der Waals surface area contributed by atoms with Gasteiger partial charge in [-0.2, -0.15) is 0 Å². The van der Waals surface area contributed by atoms with Crippen LogP contribution in [0.1, 0.15) is 12.0 Å². The number of nitrogens with one attached hydrogen (secondary N) is 1. The van der Waals surface area contributed by atoms with E-state index in [2.05, 4.69) is 17.2 Å². The SMILES string of the molecule is COCCOCC(=O)Nc1ccc(C#CCCO)c(F)c1. The molecule has 0 fully saturated rings. The van der Waals surface area contributed by atoms with E-state index >= 15 is 0 Å². The topological polar surface area (TPSA) is 67.8 Å². The minimum Gasteiger partial charge on any atom is -0.395 e. The van der Waals surface area contributed by atoms with Crippen molar-refractivity contribution in [2.75, 3.05) is 38.9 Å². The molecule has 0 saturated carbocycles. The highest BCUT2D eigenvalue weighted by molar-refractivity contribution is 5.91. The smallest absolute Gasteiger partial charge is 0.250 e. The lowest BCUT2D eigenvalue weighted by Gasteiger charge is -2.06. The Morgan fingerprint density at radius 1 is 1.43 bits per heavy atom. The third-order valence-corrected chi connectivity index (χ3v) is 2.38. The summed E-state index contributed by atoms with van der Waals surface area (Å²) in [4.78, 5) is 11.5. The van der Waals surface area contributed by atoms with Gasteiger partial charge in [-0.25, -0.2) is 4.39 Å². The van der Waals surface area contributed by atoms with Crippen LogP contribution in [-0.2, 0) is 14.3 Å². The molecule has 0 aliphatic heterocycles. The molecule has 5 nitrogen and oxygen atoms in total. The number of anilines is 1. The van der Waals surface area contributed by atoms with E-state index in [1.807, 2.05) is 0 Å². The normalized spacial score (nSPS) is 9.86. The lowest BCUT2D eigenvalue weighted by molar-refractivity contribution is -0.121. The second-order valence-corrected chi connectivity index (χ2v) is 4.06. The quantitative estimate of drug-likeness (QED) is 0.585. The molecule has 0 atom stereocenters. The number of rotatable bonds is 7. The van der Waals surface area contributed by atoms with Crippen molar-refractivity contribution in [3.8, 4) is 11.8 Å². The summed E-state index contributed by atoms with van der Waals surface area (Å²) >= 11 is 0. The minimum absolute atomic E-state index is 0.0637. The average Bonchev–Trinajstić information content (AvgIpc) is 2.46. The maximum atomic E-state index is 13.7. The van der Waals surface area contributed by atoms with Gasteiger partial charge in [0.15, 0.2) is 0 Å². The van der Waals surface area contributed by atoms with E-state index in [1.165, 1.54) is 19.2 Å². The van der Waals surface area contributed by atoms with Crippen molar-refractivity contribution in [3.63, 3.8) is 0 Å². The van der Waals surface area contributed by atoms with Gasteiger partial charge in [-0.05, 0) is 18.2 Å². The molecule has 0 radical (unpaired) electrons. The number of carbonyl (C=O) groups excluding carboxylic acids is 1. The van der Waals surface area contributed by atoms with E-state index in [9.17, 15) is 9.18 Å². The first-order chi connectivity index (χ1) is 10.2.